The van der Waals surface area contributed by atoms with Crippen LogP contribution < -0.4 is 10.6 Å². The van der Waals surface area contributed by atoms with Crippen LogP contribution in [0.3, 0.4) is 0 Å². The Kier molecular flexibility index (Phi) is 11.3. The van der Waals surface area contributed by atoms with Crippen LogP contribution in [0.25, 0.3) is 0 Å². The number of rotatable bonds is 7. The van der Waals surface area contributed by atoms with Crippen LogP contribution in [0.1, 0.15) is 26.2 Å². The molecule has 0 atom stereocenters. The molecule has 0 aromatic rings. The van der Waals surface area contributed by atoms with E-state index in [4.69, 9.17) is 0 Å². The molecule has 0 aromatic heterocycles. The minimum Gasteiger partial charge on any atom is -0.357 e. The van der Waals surface area contributed by atoms with Crippen LogP contribution >= 0.6 is 24.0 Å². The molecule has 1 heterocycles. The van der Waals surface area contributed by atoms with Gasteiger partial charge in [0, 0.05) is 32.2 Å². The van der Waals surface area contributed by atoms with Crippen LogP contribution in [0.15, 0.2) is 4.99 Å². The highest BCUT2D eigenvalue weighted by atomic mass is 127. The van der Waals surface area contributed by atoms with E-state index in [0.29, 0.717) is 36.2 Å². The second-order valence-corrected chi connectivity index (χ2v) is 8.12. The van der Waals surface area contributed by atoms with Gasteiger partial charge in [0.2, 0.25) is 0 Å². The minimum absolute atomic E-state index is 0. The van der Waals surface area contributed by atoms with E-state index in [0.717, 1.165) is 13.0 Å². The first-order valence-corrected chi connectivity index (χ1v) is 9.78. The van der Waals surface area contributed by atoms with Gasteiger partial charge in [-0.1, -0.05) is 0 Å². The van der Waals surface area contributed by atoms with Crippen LogP contribution in [0.2, 0.25) is 0 Å². The first-order chi connectivity index (χ1) is 11.6. The van der Waals surface area contributed by atoms with Gasteiger partial charge in [0.05, 0.1) is 0 Å². The number of halogens is 4. The highest BCUT2D eigenvalue weighted by Gasteiger charge is 2.50. The molecule has 0 aromatic carbocycles. The lowest BCUT2D eigenvalue weighted by Gasteiger charge is -2.32. The molecule has 1 rings (SSSR count). The van der Waals surface area contributed by atoms with Crippen molar-refractivity contribution in [3.8, 4) is 0 Å². The number of guanidine groups is 1. The van der Waals surface area contributed by atoms with Crippen molar-refractivity contribution in [3.05, 3.63) is 0 Å². The fourth-order valence-corrected chi connectivity index (χ4v) is 3.46. The third kappa shape index (κ3) is 8.13. The molecule has 0 amide bonds. The summed E-state index contributed by atoms with van der Waals surface area (Å²) in [4.78, 5) is 6.50. The second kappa shape index (κ2) is 11.5. The molecule has 0 aliphatic carbocycles. The van der Waals surface area contributed by atoms with Crippen molar-refractivity contribution in [1.82, 2.24) is 19.8 Å². The van der Waals surface area contributed by atoms with E-state index in [1.165, 1.54) is 0 Å². The molecule has 1 saturated heterocycles. The molecule has 26 heavy (non-hydrogen) atoms. The predicted molar refractivity (Wildman–Crippen MR) is 107 cm³/mol. The molecule has 1 fully saturated rings. The molecule has 2 N–H and O–H groups in total. The van der Waals surface area contributed by atoms with E-state index in [2.05, 4.69) is 20.5 Å². The van der Waals surface area contributed by atoms with Gasteiger partial charge in [0.25, 0.3) is 0 Å². The first-order valence-electron chi connectivity index (χ1n) is 8.34. The maximum absolute atomic E-state index is 12.6. The monoisotopic (exact) mass is 515 g/mol. The van der Waals surface area contributed by atoms with E-state index in [1.807, 2.05) is 21.0 Å². The quantitative estimate of drug-likeness (QED) is 0.232. The molecule has 156 valence electrons. The molecule has 7 nitrogen and oxygen atoms in total. The summed E-state index contributed by atoms with van der Waals surface area (Å²) in [5.41, 5.74) is -5.24. The first kappa shape index (κ1) is 25.7. The van der Waals surface area contributed by atoms with Crippen LogP contribution in [0.5, 0.6) is 0 Å². The van der Waals surface area contributed by atoms with Crippen LogP contribution in [-0.2, 0) is 10.0 Å². The predicted octanol–water partition coefficient (Wildman–Crippen LogP) is 1.43. The summed E-state index contributed by atoms with van der Waals surface area (Å²) in [6.45, 7) is 3.83. The summed E-state index contributed by atoms with van der Waals surface area (Å²) in [5.74, 6) is 0.610. The SMILES string of the molecule is CCNC(=NCCCN(C)C)NC1CCN(S(=O)(=O)C(F)(F)F)CC1.I. The summed E-state index contributed by atoms with van der Waals surface area (Å²) >= 11 is 0. The van der Waals surface area contributed by atoms with Crippen molar-refractivity contribution in [2.75, 3.05) is 46.8 Å². The molecule has 0 spiro atoms. The summed E-state index contributed by atoms with van der Waals surface area (Å²) < 4.78 is 61.1. The Bertz CT molecular complexity index is 535. The normalized spacial score (nSPS) is 17.9. The van der Waals surface area contributed by atoms with Gasteiger partial charge >= 0.3 is 15.5 Å². The molecule has 1 aliphatic rings. The van der Waals surface area contributed by atoms with Gasteiger partial charge in [0.1, 0.15) is 0 Å². The maximum Gasteiger partial charge on any atom is 0.511 e. The lowest BCUT2D eigenvalue weighted by atomic mass is 10.1. The third-order valence-corrected chi connectivity index (χ3v) is 5.43. The number of nitrogens with one attached hydrogen (secondary N) is 2. The van der Waals surface area contributed by atoms with E-state index in [1.54, 1.807) is 0 Å². The molecular weight excluding hydrogens is 486 g/mol. The molecule has 0 bridgehead atoms. The Morgan fingerprint density at radius 3 is 2.31 bits per heavy atom. The summed E-state index contributed by atoms with van der Waals surface area (Å²) in [6, 6.07) is -0.105. The highest BCUT2D eigenvalue weighted by molar-refractivity contribution is 14.0. The molecule has 0 radical (unpaired) electrons. The van der Waals surface area contributed by atoms with E-state index in [-0.39, 0.29) is 43.1 Å². The van der Waals surface area contributed by atoms with Gasteiger partial charge in [-0.05, 0) is 46.8 Å². The molecule has 1 aliphatic heterocycles. The fourth-order valence-electron chi connectivity index (χ4n) is 2.48. The Hall–Kier alpha value is -0.340. The zero-order valence-corrected chi connectivity index (χ0v) is 18.5. The third-order valence-electron chi connectivity index (χ3n) is 3.80. The van der Waals surface area contributed by atoms with Gasteiger partial charge in [0.15, 0.2) is 5.96 Å². The second-order valence-electron chi connectivity index (χ2n) is 6.19. The number of hydrogen-bond donors (Lipinski definition) is 2. The van der Waals surface area contributed by atoms with Gasteiger partial charge in [-0.3, -0.25) is 4.99 Å². The number of nitrogens with zero attached hydrogens (tertiary/aromatic N) is 3. The van der Waals surface area contributed by atoms with Gasteiger partial charge in [-0.15, -0.1) is 24.0 Å². The van der Waals surface area contributed by atoms with Gasteiger partial charge < -0.3 is 15.5 Å². The molecule has 0 saturated carbocycles. The topological polar surface area (TPSA) is 77.0 Å². The van der Waals surface area contributed by atoms with Crippen LogP contribution in [0.4, 0.5) is 13.2 Å². The zero-order chi connectivity index (χ0) is 19.1. The van der Waals surface area contributed by atoms with Crippen molar-refractivity contribution < 1.29 is 21.6 Å². The Morgan fingerprint density at radius 2 is 1.85 bits per heavy atom. The Labute approximate surface area is 170 Å². The number of hydrogen-bond acceptors (Lipinski definition) is 4. The average molecular weight is 515 g/mol. The van der Waals surface area contributed by atoms with Crippen LogP contribution in [0, 0.1) is 0 Å². The summed E-state index contributed by atoms with van der Waals surface area (Å²) in [6.07, 6.45) is 1.50. The lowest BCUT2D eigenvalue weighted by Crippen LogP contribution is -2.51. The van der Waals surface area contributed by atoms with Crippen molar-refractivity contribution in [2.45, 2.75) is 37.7 Å². The number of sulfonamides is 1. The Balaban J connectivity index is 0.00000625. The van der Waals surface area contributed by atoms with E-state index >= 15 is 0 Å². The number of aliphatic imine (C=N–C) groups is 1. The van der Waals surface area contributed by atoms with Crippen LogP contribution in [-0.4, -0.2) is 82.0 Å². The number of alkyl halides is 3. The minimum atomic E-state index is -5.24. The largest absolute Gasteiger partial charge is 0.511 e. The molecule has 12 heteroatoms. The number of piperidine rings is 1. The summed E-state index contributed by atoms with van der Waals surface area (Å²) in [5, 5.41) is 6.28. The Morgan fingerprint density at radius 1 is 1.27 bits per heavy atom. The fraction of sp³-hybridized carbons (Fsp3) is 0.929. The van der Waals surface area contributed by atoms with Crippen molar-refractivity contribution in [2.24, 2.45) is 4.99 Å². The highest BCUT2D eigenvalue weighted by Crippen LogP contribution is 2.28. The van der Waals surface area contributed by atoms with Crippen molar-refractivity contribution in [3.63, 3.8) is 0 Å². The van der Waals surface area contributed by atoms with Crippen molar-refractivity contribution in [1.29, 1.82) is 0 Å². The smallest absolute Gasteiger partial charge is 0.357 e. The maximum atomic E-state index is 12.6. The van der Waals surface area contributed by atoms with Gasteiger partial charge in [-0.25, -0.2) is 8.42 Å². The lowest BCUT2D eigenvalue weighted by molar-refractivity contribution is -0.0494. The summed E-state index contributed by atoms with van der Waals surface area (Å²) in [7, 11) is -1.27. The molecular formula is C14H29F3IN5O2S. The van der Waals surface area contributed by atoms with Crippen molar-refractivity contribution >= 4 is 40.0 Å². The van der Waals surface area contributed by atoms with E-state index < -0.39 is 15.5 Å². The van der Waals surface area contributed by atoms with Gasteiger partial charge in [-0.2, -0.15) is 17.5 Å². The standard InChI is InChI=1S/C14H28F3N5O2S.HI/c1-4-18-13(19-8-5-9-21(2)3)20-12-6-10-22(11-7-12)25(23,24)14(15,16)17;/h12H,4-11H2,1-3H3,(H2,18,19,20);1H. The van der Waals surface area contributed by atoms with E-state index in [9.17, 15) is 21.6 Å². The molecule has 0 unspecified atom stereocenters. The zero-order valence-electron chi connectivity index (χ0n) is 15.3. The average Bonchev–Trinajstić information content (AvgIpc) is 2.51.